The van der Waals surface area contributed by atoms with Gasteiger partial charge in [0.2, 0.25) is 0 Å². The Hall–Kier alpha value is -1.08. The molecule has 1 aromatic rings. The lowest BCUT2D eigenvalue weighted by molar-refractivity contribution is 0.0707. The van der Waals surface area contributed by atoms with Crippen molar-refractivity contribution in [2.24, 2.45) is 0 Å². The van der Waals surface area contributed by atoms with Gasteiger partial charge in [-0.05, 0) is 32.3 Å². The van der Waals surface area contributed by atoms with Gasteiger partial charge in [0.25, 0.3) is 0 Å². The molecule has 15 heavy (non-hydrogen) atoms. The average molecular weight is 202 g/mol. The maximum absolute atomic E-state index is 5.98. The van der Waals surface area contributed by atoms with Gasteiger partial charge in [0.1, 0.15) is 0 Å². The molecule has 1 aliphatic heterocycles. The van der Waals surface area contributed by atoms with E-state index in [0.717, 1.165) is 12.8 Å². The van der Waals surface area contributed by atoms with Crippen molar-refractivity contribution in [2.45, 2.75) is 38.9 Å². The van der Waals surface area contributed by atoms with Crippen LogP contribution in [0.25, 0.3) is 0 Å². The second-order valence-corrected chi connectivity index (χ2v) is 4.40. The maximum atomic E-state index is 5.98. The summed E-state index contributed by atoms with van der Waals surface area (Å²) in [5.41, 5.74) is 2.65. The van der Waals surface area contributed by atoms with Crippen molar-refractivity contribution in [3.05, 3.63) is 47.5 Å². The molecule has 1 aliphatic rings. The van der Waals surface area contributed by atoms with Crippen molar-refractivity contribution in [1.82, 2.24) is 0 Å². The summed E-state index contributed by atoms with van der Waals surface area (Å²) in [6, 6.07) is 10.5. The van der Waals surface area contributed by atoms with Crippen molar-refractivity contribution in [2.75, 3.05) is 0 Å². The normalized spacial score (nSPS) is 25.2. The van der Waals surface area contributed by atoms with Crippen molar-refractivity contribution in [3.8, 4) is 0 Å². The molecule has 1 nitrogen and oxygen atoms in total. The van der Waals surface area contributed by atoms with Crippen LogP contribution in [0.5, 0.6) is 0 Å². The summed E-state index contributed by atoms with van der Waals surface area (Å²) in [7, 11) is 0. The first-order valence-corrected chi connectivity index (χ1v) is 5.61. The predicted octanol–water partition coefficient (Wildman–Crippen LogP) is 3.87. The largest absolute Gasteiger partial charge is 0.366 e. The summed E-state index contributed by atoms with van der Waals surface area (Å²) >= 11 is 0. The molecule has 0 saturated carbocycles. The lowest BCUT2D eigenvalue weighted by Gasteiger charge is -2.11. The molecule has 0 unspecified atom stereocenters. The Morgan fingerprint density at radius 2 is 1.93 bits per heavy atom. The van der Waals surface area contributed by atoms with E-state index in [-0.39, 0.29) is 0 Å². The van der Waals surface area contributed by atoms with Crippen LogP contribution in [0.1, 0.15) is 38.4 Å². The third-order valence-electron chi connectivity index (χ3n) is 2.74. The Bertz CT molecular complexity index is 336. The fourth-order valence-electron chi connectivity index (χ4n) is 2.07. The lowest BCUT2D eigenvalue weighted by Crippen LogP contribution is -2.03. The van der Waals surface area contributed by atoms with Crippen LogP contribution in [0.3, 0.4) is 0 Å². The first kappa shape index (κ1) is 10.4. The van der Waals surface area contributed by atoms with E-state index in [1.54, 1.807) is 0 Å². The Balaban J connectivity index is 2.02. The zero-order valence-corrected chi connectivity index (χ0v) is 9.44. The molecular weight excluding hydrogens is 184 g/mol. The average Bonchev–Trinajstić information content (AvgIpc) is 2.67. The summed E-state index contributed by atoms with van der Waals surface area (Å²) < 4.78 is 5.98. The van der Waals surface area contributed by atoms with Crippen molar-refractivity contribution in [3.63, 3.8) is 0 Å². The molecule has 1 heteroatoms. The molecule has 1 aromatic carbocycles. The zero-order chi connectivity index (χ0) is 10.7. The summed E-state index contributed by atoms with van der Waals surface area (Å²) in [5, 5.41) is 0. The summed E-state index contributed by atoms with van der Waals surface area (Å²) in [6.07, 6.45) is 5.12. The quantitative estimate of drug-likeness (QED) is 0.661. The fourth-order valence-corrected chi connectivity index (χ4v) is 2.07. The predicted molar refractivity (Wildman–Crippen MR) is 62.7 cm³/mol. The van der Waals surface area contributed by atoms with Gasteiger partial charge in [-0.25, -0.2) is 0 Å². The highest BCUT2D eigenvalue weighted by molar-refractivity contribution is 5.19. The van der Waals surface area contributed by atoms with Gasteiger partial charge in [0.15, 0.2) is 0 Å². The topological polar surface area (TPSA) is 9.23 Å². The third-order valence-corrected chi connectivity index (χ3v) is 2.74. The highest BCUT2D eigenvalue weighted by Gasteiger charge is 2.24. The van der Waals surface area contributed by atoms with E-state index in [0.29, 0.717) is 12.2 Å². The van der Waals surface area contributed by atoms with Gasteiger partial charge in [0.05, 0.1) is 12.2 Å². The van der Waals surface area contributed by atoms with Crippen LogP contribution in [0, 0.1) is 0 Å². The second kappa shape index (κ2) is 4.63. The first-order valence-electron chi connectivity index (χ1n) is 5.61. The fraction of sp³-hybridized carbons (Fsp3) is 0.429. The molecule has 0 amide bonds. The smallest absolute Gasteiger partial charge is 0.0834 e. The van der Waals surface area contributed by atoms with Crippen molar-refractivity contribution >= 4 is 0 Å². The minimum atomic E-state index is 0.298. The zero-order valence-electron chi connectivity index (χ0n) is 9.44. The molecule has 0 aromatic heterocycles. The highest BCUT2D eigenvalue weighted by Crippen LogP contribution is 2.33. The molecule has 0 bridgehead atoms. The number of benzene rings is 1. The molecular formula is C14H18O. The van der Waals surface area contributed by atoms with Crippen molar-refractivity contribution < 1.29 is 4.74 Å². The van der Waals surface area contributed by atoms with Crippen LogP contribution >= 0.6 is 0 Å². The lowest BCUT2D eigenvalue weighted by atomic mass is 10.1. The molecule has 1 heterocycles. The molecule has 2 atom stereocenters. The summed E-state index contributed by atoms with van der Waals surface area (Å²) in [5.74, 6) is 0. The van der Waals surface area contributed by atoms with Gasteiger partial charge in [-0.1, -0.05) is 42.0 Å². The van der Waals surface area contributed by atoms with Gasteiger partial charge < -0.3 is 4.74 Å². The van der Waals surface area contributed by atoms with Crippen LogP contribution in [-0.2, 0) is 4.74 Å². The van der Waals surface area contributed by atoms with Gasteiger partial charge in [-0.2, -0.15) is 0 Å². The Labute approximate surface area is 91.8 Å². The van der Waals surface area contributed by atoms with Crippen LogP contribution in [0.2, 0.25) is 0 Å². The van der Waals surface area contributed by atoms with Gasteiger partial charge in [-0.3, -0.25) is 0 Å². The van der Waals surface area contributed by atoms with E-state index < -0.39 is 0 Å². The van der Waals surface area contributed by atoms with E-state index in [4.69, 9.17) is 4.74 Å². The molecule has 1 saturated heterocycles. The molecule has 1 fully saturated rings. The molecule has 80 valence electrons. The molecule has 0 spiro atoms. The van der Waals surface area contributed by atoms with Crippen LogP contribution in [0.15, 0.2) is 42.0 Å². The molecule has 0 radical (unpaired) electrons. The minimum Gasteiger partial charge on any atom is -0.366 e. The van der Waals surface area contributed by atoms with Crippen LogP contribution in [0.4, 0.5) is 0 Å². The van der Waals surface area contributed by atoms with Gasteiger partial charge in [0, 0.05) is 0 Å². The third kappa shape index (κ3) is 2.69. The molecule has 0 N–H and O–H groups in total. The van der Waals surface area contributed by atoms with E-state index in [1.807, 2.05) is 6.07 Å². The number of rotatable bonds is 2. The minimum absolute atomic E-state index is 0.298. The van der Waals surface area contributed by atoms with E-state index in [9.17, 15) is 0 Å². The molecule has 0 aliphatic carbocycles. The highest BCUT2D eigenvalue weighted by atomic mass is 16.5. The van der Waals surface area contributed by atoms with Gasteiger partial charge in [-0.15, -0.1) is 0 Å². The van der Waals surface area contributed by atoms with Crippen molar-refractivity contribution in [1.29, 1.82) is 0 Å². The number of hydrogen-bond acceptors (Lipinski definition) is 1. The number of allylic oxidation sites excluding steroid dienone is 1. The SMILES string of the molecule is CC(C)=C[C@@H]1CC[C@H](c2ccccc2)O1. The van der Waals surface area contributed by atoms with Gasteiger partial charge >= 0.3 is 0 Å². The van der Waals surface area contributed by atoms with E-state index in [1.165, 1.54) is 11.1 Å². The Kier molecular flexibility index (Phi) is 3.22. The monoisotopic (exact) mass is 202 g/mol. The van der Waals surface area contributed by atoms with E-state index >= 15 is 0 Å². The van der Waals surface area contributed by atoms with E-state index in [2.05, 4.69) is 44.2 Å². The van der Waals surface area contributed by atoms with Crippen LogP contribution < -0.4 is 0 Å². The summed E-state index contributed by atoms with van der Waals surface area (Å²) in [4.78, 5) is 0. The molecule has 2 rings (SSSR count). The second-order valence-electron chi connectivity index (χ2n) is 4.40. The first-order chi connectivity index (χ1) is 7.25. The standard InChI is InChI=1S/C14H18O/c1-11(2)10-13-8-9-14(15-13)12-6-4-3-5-7-12/h3-7,10,13-14H,8-9H2,1-2H3/t13-,14+/m0/s1. The maximum Gasteiger partial charge on any atom is 0.0834 e. The Morgan fingerprint density at radius 3 is 2.60 bits per heavy atom. The number of hydrogen-bond donors (Lipinski definition) is 0. The Morgan fingerprint density at radius 1 is 1.20 bits per heavy atom. The number of ether oxygens (including phenoxy) is 1. The summed E-state index contributed by atoms with van der Waals surface area (Å²) in [6.45, 7) is 4.25. The van der Waals surface area contributed by atoms with Crippen LogP contribution in [-0.4, -0.2) is 6.10 Å².